The summed E-state index contributed by atoms with van der Waals surface area (Å²) in [4.78, 5) is 0. The number of halogens is 3. The highest BCUT2D eigenvalue weighted by molar-refractivity contribution is 5.45. The summed E-state index contributed by atoms with van der Waals surface area (Å²) in [7, 11) is 0. The first kappa shape index (κ1) is 10.6. The zero-order valence-corrected chi connectivity index (χ0v) is 7.65. The van der Waals surface area contributed by atoms with Crippen LogP contribution in [0.15, 0.2) is 24.8 Å². The van der Waals surface area contributed by atoms with E-state index in [9.17, 15) is 13.2 Å². The van der Waals surface area contributed by atoms with Crippen LogP contribution in [0.3, 0.4) is 0 Å². The minimum absolute atomic E-state index is 0.140. The lowest BCUT2D eigenvalue weighted by molar-refractivity contribution is 0.447. The second-order valence-electron chi connectivity index (χ2n) is 2.92. The van der Waals surface area contributed by atoms with Gasteiger partial charge >= 0.3 is 0 Å². The van der Waals surface area contributed by atoms with Crippen molar-refractivity contribution < 1.29 is 13.2 Å². The normalized spacial score (nSPS) is 12.3. The van der Waals surface area contributed by atoms with Crippen LogP contribution in [0.1, 0.15) is 6.92 Å². The molecule has 0 aliphatic rings. The summed E-state index contributed by atoms with van der Waals surface area (Å²) in [5, 5.41) is 2.74. The van der Waals surface area contributed by atoms with Crippen molar-refractivity contribution in [3.63, 3.8) is 0 Å². The van der Waals surface area contributed by atoms with E-state index < -0.39 is 17.5 Å². The Kier molecular flexibility index (Phi) is 3.17. The van der Waals surface area contributed by atoms with Gasteiger partial charge in [0, 0.05) is 23.9 Å². The van der Waals surface area contributed by atoms with E-state index in [0.29, 0.717) is 0 Å². The first-order valence-electron chi connectivity index (χ1n) is 4.08. The van der Waals surface area contributed by atoms with Crippen molar-refractivity contribution in [2.45, 2.75) is 13.0 Å². The van der Waals surface area contributed by atoms with Gasteiger partial charge in [-0.1, -0.05) is 6.08 Å². The summed E-state index contributed by atoms with van der Waals surface area (Å²) in [6.07, 6.45) is 1.57. The predicted octanol–water partition coefficient (Wildman–Crippen LogP) is 3.09. The quantitative estimate of drug-likeness (QED) is 0.585. The van der Waals surface area contributed by atoms with Crippen molar-refractivity contribution in [3.8, 4) is 0 Å². The van der Waals surface area contributed by atoms with Crippen LogP contribution in [-0.2, 0) is 0 Å². The molecule has 0 aliphatic heterocycles. The number of benzene rings is 1. The molecule has 0 amide bonds. The molecule has 0 fully saturated rings. The van der Waals surface area contributed by atoms with Gasteiger partial charge in [-0.2, -0.15) is 0 Å². The Morgan fingerprint density at radius 1 is 1.29 bits per heavy atom. The van der Waals surface area contributed by atoms with Crippen molar-refractivity contribution in [1.82, 2.24) is 0 Å². The fourth-order valence-electron chi connectivity index (χ4n) is 0.961. The minimum Gasteiger partial charge on any atom is -0.379 e. The fourth-order valence-corrected chi connectivity index (χ4v) is 0.961. The van der Waals surface area contributed by atoms with Gasteiger partial charge in [-0.3, -0.25) is 0 Å². The summed E-state index contributed by atoms with van der Waals surface area (Å²) < 4.78 is 38.0. The van der Waals surface area contributed by atoms with E-state index in [1.807, 2.05) is 0 Å². The third-order valence-electron chi connectivity index (χ3n) is 1.73. The van der Waals surface area contributed by atoms with Crippen LogP contribution in [0, 0.1) is 17.5 Å². The molecule has 1 atom stereocenters. The number of hydrogen-bond acceptors (Lipinski definition) is 1. The second kappa shape index (κ2) is 4.17. The van der Waals surface area contributed by atoms with Gasteiger partial charge < -0.3 is 5.32 Å². The Bertz CT molecular complexity index is 326. The molecule has 1 nitrogen and oxygen atoms in total. The first-order valence-corrected chi connectivity index (χ1v) is 4.08. The van der Waals surface area contributed by atoms with Crippen molar-refractivity contribution in [1.29, 1.82) is 0 Å². The monoisotopic (exact) mass is 201 g/mol. The minimum atomic E-state index is -1.46. The molecule has 1 aromatic rings. The highest BCUT2D eigenvalue weighted by Gasteiger charge is 2.10. The maximum absolute atomic E-state index is 12.7. The largest absolute Gasteiger partial charge is 0.379 e. The van der Waals surface area contributed by atoms with Crippen LogP contribution < -0.4 is 5.32 Å². The van der Waals surface area contributed by atoms with Gasteiger partial charge in [0.2, 0.25) is 0 Å². The van der Waals surface area contributed by atoms with Crippen LogP contribution in [-0.4, -0.2) is 6.04 Å². The molecule has 1 N–H and O–H groups in total. The summed E-state index contributed by atoms with van der Waals surface area (Å²) in [6, 6.07) is 1.66. The second-order valence-corrected chi connectivity index (χ2v) is 2.92. The molecular weight excluding hydrogens is 191 g/mol. The number of hydrogen-bond donors (Lipinski definition) is 1. The highest BCUT2D eigenvalue weighted by atomic mass is 19.2. The van der Waals surface area contributed by atoms with E-state index in [1.165, 1.54) is 0 Å². The van der Waals surface area contributed by atoms with E-state index in [4.69, 9.17) is 0 Å². The molecule has 0 radical (unpaired) electrons. The third-order valence-corrected chi connectivity index (χ3v) is 1.73. The summed E-state index contributed by atoms with van der Waals surface area (Å²) in [5.41, 5.74) is 0.189. The number of anilines is 1. The van der Waals surface area contributed by atoms with Gasteiger partial charge in [-0.05, 0) is 6.92 Å². The maximum atomic E-state index is 12.7. The predicted molar refractivity (Wildman–Crippen MR) is 49.6 cm³/mol. The Labute approximate surface area is 80.2 Å². The average molecular weight is 201 g/mol. The molecule has 0 bridgehead atoms. The molecular formula is C10H10F3N. The molecule has 0 heterocycles. The van der Waals surface area contributed by atoms with Gasteiger partial charge in [0.25, 0.3) is 0 Å². The van der Waals surface area contributed by atoms with Gasteiger partial charge in [-0.25, -0.2) is 13.2 Å². The van der Waals surface area contributed by atoms with Crippen molar-refractivity contribution >= 4 is 5.69 Å². The maximum Gasteiger partial charge on any atom is 0.194 e. The number of nitrogens with one attached hydrogen (secondary N) is 1. The van der Waals surface area contributed by atoms with Crippen molar-refractivity contribution in [2.24, 2.45) is 0 Å². The molecule has 1 rings (SSSR count). The van der Waals surface area contributed by atoms with E-state index in [2.05, 4.69) is 11.9 Å². The van der Waals surface area contributed by atoms with Crippen LogP contribution in [0.4, 0.5) is 18.9 Å². The first-order chi connectivity index (χ1) is 6.54. The Balaban J connectivity index is 2.95. The van der Waals surface area contributed by atoms with E-state index >= 15 is 0 Å². The third kappa shape index (κ3) is 2.28. The lowest BCUT2D eigenvalue weighted by atomic mass is 10.2. The average Bonchev–Trinajstić information content (AvgIpc) is 2.14. The van der Waals surface area contributed by atoms with Crippen molar-refractivity contribution in [3.05, 3.63) is 42.2 Å². The van der Waals surface area contributed by atoms with Crippen LogP contribution in [0.5, 0.6) is 0 Å². The standard InChI is InChI=1S/C10H10F3N/c1-3-6(2)14-7-4-8(11)10(13)9(12)5-7/h3-6,14H,1H2,2H3. The van der Waals surface area contributed by atoms with E-state index in [-0.39, 0.29) is 11.7 Å². The lowest BCUT2D eigenvalue weighted by Gasteiger charge is -2.10. The van der Waals surface area contributed by atoms with Crippen LogP contribution >= 0.6 is 0 Å². The molecule has 0 spiro atoms. The number of rotatable bonds is 3. The van der Waals surface area contributed by atoms with Gasteiger partial charge in [-0.15, -0.1) is 6.58 Å². The lowest BCUT2D eigenvalue weighted by Crippen LogP contribution is -2.12. The summed E-state index contributed by atoms with van der Waals surface area (Å²) in [5.74, 6) is -3.87. The van der Waals surface area contributed by atoms with Gasteiger partial charge in [0.05, 0.1) is 0 Å². The molecule has 14 heavy (non-hydrogen) atoms. The van der Waals surface area contributed by atoms with Crippen molar-refractivity contribution in [2.75, 3.05) is 5.32 Å². The molecule has 0 aromatic heterocycles. The Morgan fingerprint density at radius 2 is 1.79 bits per heavy atom. The smallest absolute Gasteiger partial charge is 0.194 e. The molecule has 0 saturated carbocycles. The Hall–Kier alpha value is -1.45. The molecule has 0 aliphatic carbocycles. The molecule has 76 valence electrons. The zero-order valence-electron chi connectivity index (χ0n) is 7.65. The van der Waals surface area contributed by atoms with Crippen LogP contribution in [0.25, 0.3) is 0 Å². The molecule has 0 saturated heterocycles. The van der Waals surface area contributed by atoms with Gasteiger partial charge in [0.1, 0.15) is 0 Å². The summed E-state index contributed by atoms with van der Waals surface area (Å²) in [6.45, 7) is 5.25. The van der Waals surface area contributed by atoms with E-state index in [0.717, 1.165) is 12.1 Å². The summed E-state index contributed by atoms with van der Waals surface area (Å²) >= 11 is 0. The molecule has 1 unspecified atom stereocenters. The van der Waals surface area contributed by atoms with Crippen LogP contribution in [0.2, 0.25) is 0 Å². The van der Waals surface area contributed by atoms with Gasteiger partial charge in [0.15, 0.2) is 17.5 Å². The topological polar surface area (TPSA) is 12.0 Å². The SMILES string of the molecule is C=CC(C)Nc1cc(F)c(F)c(F)c1. The molecule has 1 aromatic carbocycles. The zero-order chi connectivity index (χ0) is 10.7. The van der Waals surface area contributed by atoms with E-state index in [1.54, 1.807) is 13.0 Å². The Morgan fingerprint density at radius 3 is 2.21 bits per heavy atom. The highest BCUT2D eigenvalue weighted by Crippen LogP contribution is 2.17. The molecule has 4 heteroatoms. The fraction of sp³-hybridized carbons (Fsp3) is 0.200.